The van der Waals surface area contributed by atoms with Crippen molar-refractivity contribution in [3.8, 4) is 5.75 Å². The molecule has 0 aliphatic carbocycles. The molecule has 4 nitrogen and oxygen atoms in total. The van der Waals surface area contributed by atoms with Gasteiger partial charge in [0.05, 0.1) is 23.7 Å². The maximum absolute atomic E-state index is 12.7. The molecule has 126 valence electrons. The van der Waals surface area contributed by atoms with Gasteiger partial charge in [0.15, 0.2) is 0 Å². The van der Waals surface area contributed by atoms with Gasteiger partial charge in [-0.3, -0.25) is 9.78 Å². The van der Waals surface area contributed by atoms with Gasteiger partial charge in [0, 0.05) is 12.4 Å². The van der Waals surface area contributed by atoms with Crippen molar-refractivity contribution in [3.05, 3.63) is 94.8 Å². The Kier molecular flexibility index (Phi) is 5.31. The summed E-state index contributed by atoms with van der Waals surface area (Å²) in [5.41, 5.74) is 2.32. The van der Waals surface area contributed by atoms with Gasteiger partial charge >= 0.3 is 0 Å². The lowest BCUT2D eigenvalue weighted by Gasteiger charge is -2.20. The lowest BCUT2D eigenvalue weighted by molar-refractivity contribution is 0.0943. The van der Waals surface area contributed by atoms with Crippen LogP contribution >= 0.6 is 11.6 Å². The summed E-state index contributed by atoms with van der Waals surface area (Å²) < 4.78 is 5.21. The fourth-order valence-electron chi connectivity index (χ4n) is 2.57. The van der Waals surface area contributed by atoms with Crippen LogP contribution in [-0.2, 0) is 0 Å². The van der Waals surface area contributed by atoms with E-state index >= 15 is 0 Å². The molecule has 0 fully saturated rings. The molecule has 1 amide bonds. The number of hydrogen-bond acceptors (Lipinski definition) is 3. The highest BCUT2D eigenvalue weighted by Crippen LogP contribution is 2.25. The average molecular weight is 353 g/mol. The van der Waals surface area contributed by atoms with Gasteiger partial charge in [-0.1, -0.05) is 54.1 Å². The lowest BCUT2D eigenvalue weighted by atomic mass is 9.98. The molecule has 1 aromatic heterocycles. The van der Waals surface area contributed by atoms with Crippen LogP contribution in [0.5, 0.6) is 5.75 Å². The Morgan fingerprint density at radius 3 is 2.36 bits per heavy atom. The van der Waals surface area contributed by atoms with E-state index in [-0.39, 0.29) is 11.9 Å². The molecule has 3 aromatic rings. The van der Waals surface area contributed by atoms with E-state index in [9.17, 15) is 4.79 Å². The number of aromatic nitrogens is 1. The normalized spacial score (nSPS) is 11.6. The third-order valence-corrected chi connectivity index (χ3v) is 4.18. The molecular weight excluding hydrogens is 336 g/mol. The van der Waals surface area contributed by atoms with Gasteiger partial charge in [-0.2, -0.15) is 0 Å². The Morgan fingerprint density at radius 1 is 1.04 bits per heavy atom. The van der Waals surface area contributed by atoms with Crippen LogP contribution in [0.2, 0.25) is 5.02 Å². The van der Waals surface area contributed by atoms with E-state index in [4.69, 9.17) is 16.3 Å². The van der Waals surface area contributed by atoms with Crippen molar-refractivity contribution in [2.45, 2.75) is 6.04 Å². The molecule has 3 rings (SSSR count). The van der Waals surface area contributed by atoms with Crippen molar-refractivity contribution in [1.29, 1.82) is 0 Å². The van der Waals surface area contributed by atoms with Gasteiger partial charge < -0.3 is 10.1 Å². The molecule has 0 aliphatic heterocycles. The second-order valence-electron chi connectivity index (χ2n) is 5.45. The van der Waals surface area contributed by atoms with Crippen LogP contribution in [0.4, 0.5) is 0 Å². The van der Waals surface area contributed by atoms with Crippen LogP contribution < -0.4 is 10.1 Å². The number of carbonyl (C=O) groups excluding carboxylic acids is 1. The molecule has 0 aliphatic rings. The number of carbonyl (C=O) groups is 1. The largest absolute Gasteiger partial charge is 0.497 e. The number of benzene rings is 2. The molecule has 1 N–H and O–H groups in total. The second kappa shape index (κ2) is 7.81. The molecule has 0 radical (unpaired) electrons. The fourth-order valence-corrected chi connectivity index (χ4v) is 2.77. The van der Waals surface area contributed by atoms with Crippen molar-refractivity contribution in [1.82, 2.24) is 10.3 Å². The van der Waals surface area contributed by atoms with Gasteiger partial charge in [0.1, 0.15) is 5.75 Å². The van der Waals surface area contributed by atoms with Gasteiger partial charge in [-0.05, 0) is 29.3 Å². The molecule has 0 bridgehead atoms. The molecule has 0 saturated carbocycles. The van der Waals surface area contributed by atoms with Crippen LogP contribution in [0.15, 0.2) is 73.1 Å². The lowest BCUT2D eigenvalue weighted by Crippen LogP contribution is -2.29. The van der Waals surface area contributed by atoms with Crippen molar-refractivity contribution in [2.75, 3.05) is 7.11 Å². The number of nitrogens with one attached hydrogen (secondary N) is 1. The quantitative estimate of drug-likeness (QED) is 0.746. The van der Waals surface area contributed by atoms with Crippen LogP contribution in [0.1, 0.15) is 27.5 Å². The van der Waals surface area contributed by atoms with Crippen molar-refractivity contribution >= 4 is 17.5 Å². The number of rotatable bonds is 5. The van der Waals surface area contributed by atoms with Gasteiger partial charge in [0.2, 0.25) is 0 Å². The van der Waals surface area contributed by atoms with E-state index < -0.39 is 0 Å². The van der Waals surface area contributed by atoms with Crippen LogP contribution in [0, 0.1) is 0 Å². The molecule has 1 heterocycles. The van der Waals surface area contributed by atoms with E-state index in [1.54, 1.807) is 19.4 Å². The minimum atomic E-state index is -0.302. The van der Waals surface area contributed by atoms with Gasteiger partial charge in [-0.15, -0.1) is 0 Å². The Morgan fingerprint density at radius 2 is 1.72 bits per heavy atom. The van der Waals surface area contributed by atoms with E-state index in [0.717, 1.165) is 16.9 Å². The highest BCUT2D eigenvalue weighted by molar-refractivity contribution is 6.33. The molecule has 25 heavy (non-hydrogen) atoms. The maximum atomic E-state index is 12.7. The third-order valence-electron chi connectivity index (χ3n) is 3.87. The fraction of sp³-hybridized carbons (Fsp3) is 0.100. The standard InChI is InChI=1S/C20H17ClN2O2/c1-25-16-9-7-15(8-10-16)19(14-5-3-2-4-6-14)23-20(24)17-11-12-22-13-18(17)21/h2-13,19H,1H3,(H,23,24)/t19-/m0/s1. The van der Waals surface area contributed by atoms with E-state index in [2.05, 4.69) is 10.3 Å². The van der Waals surface area contributed by atoms with E-state index in [1.165, 1.54) is 6.20 Å². The van der Waals surface area contributed by atoms with Gasteiger partial charge in [-0.25, -0.2) is 0 Å². The number of pyridine rings is 1. The summed E-state index contributed by atoms with van der Waals surface area (Å²) >= 11 is 6.09. The van der Waals surface area contributed by atoms with Crippen LogP contribution in [0.25, 0.3) is 0 Å². The Bertz CT molecular complexity index is 851. The summed E-state index contributed by atoms with van der Waals surface area (Å²) in [6.45, 7) is 0. The number of halogens is 1. The first-order valence-corrected chi connectivity index (χ1v) is 8.16. The van der Waals surface area contributed by atoms with Crippen LogP contribution in [-0.4, -0.2) is 18.0 Å². The molecular formula is C20H17ClN2O2. The molecule has 1 atom stereocenters. The van der Waals surface area contributed by atoms with Crippen molar-refractivity contribution in [3.63, 3.8) is 0 Å². The monoisotopic (exact) mass is 352 g/mol. The zero-order chi connectivity index (χ0) is 17.6. The predicted molar refractivity (Wildman–Crippen MR) is 98.0 cm³/mol. The molecule has 5 heteroatoms. The first-order chi connectivity index (χ1) is 12.2. The van der Waals surface area contributed by atoms with E-state index in [1.807, 2.05) is 54.6 Å². The molecule has 2 aromatic carbocycles. The number of nitrogens with zero attached hydrogens (tertiary/aromatic N) is 1. The Labute approximate surface area is 151 Å². The third kappa shape index (κ3) is 3.98. The summed E-state index contributed by atoms with van der Waals surface area (Å²) in [5.74, 6) is 0.510. The first-order valence-electron chi connectivity index (χ1n) is 7.78. The SMILES string of the molecule is COc1ccc([C@@H](NC(=O)c2ccncc2Cl)c2ccccc2)cc1. The smallest absolute Gasteiger partial charge is 0.253 e. The van der Waals surface area contributed by atoms with Gasteiger partial charge in [0.25, 0.3) is 5.91 Å². The molecule has 0 saturated heterocycles. The average Bonchev–Trinajstić information content (AvgIpc) is 2.67. The highest BCUT2D eigenvalue weighted by atomic mass is 35.5. The number of amides is 1. The summed E-state index contributed by atoms with van der Waals surface area (Å²) in [6, 6.07) is 18.7. The van der Waals surface area contributed by atoms with E-state index in [0.29, 0.717) is 10.6 Å². The first kappa shape index (κ1) is 17.0. The van der Waals surface area contributed by atoms with Crippen LogP contribution in [0.3, 0.4) is 0 Å². The molecule has 0 spiro atoms. The maximum Gasteiger partial charge on any atom is 0.253 e. The summed E-state index contributed by atoms with van der Waals surface area (Å²) in [5, 5.41) is 3.37. The Hall–Kier alpha value is -2.85. The second-order valence-corrected chi connectivity index (χ2v) is 5.85. The number of hydrogen-bond donors (Lipinski definition) is 1. The van der Waals surface area contributed by atoms with Crippen molar-refractivity contribution in [2.24, 2.45) is 0 Å². The zero-order valence-corrected chi connectivity index (χ0v) is 14.4. The summed E-state index contributed by atoms with van der Waals surface area (Å²) in [7, 11) is 1.62. The minimum absolute atomic E-state index is 0.253. The predicted octanol–water partition coefficient (Wildman–Crippen LogP) is 4.26. The Balaban J connectivity index is 1.94. The zero-order valence-electron chi connectivity index (χ0n) is 13.6. The topological polar surface area (TPSA) is 51.2 Å². The summed E-state index contributed by atoms with van der Waals surface area (Å²) in [6.07, 6.45) is 3.01. The van der Waals surface area contributed by atoms with Crippen molar-refractivity contribution < 1.29 is 9.53 Å². The molecule has 0 unspecified atom stereocenters. The summed E-state index contributed by atoms with van der Waals surface area (Å²) in [4.78, 5) is 16.6. The number of methoxy groups -OCH3 is 1. The minimum Gasteiger partial charge on any atom is -0.497 e. The number of ether oxygens (including phenoxy) is 1. The highest BCUT2D eigenvalue weighted by Gasteiger charge is 2.19.